The molecule has 8 rings (SSSR count). The second-order valence-corrected chi connectivity index (χ2v) is 11.2. The normalized spacial score (nSPS) is 36.5. The van der Waals surface area contributed by atoms with Crippen molar-refractivity contribution in [1.82, 2.24) is 0 Å². The minimum Gasteiger partial charge on any atom is -0.0506 e. The Kier molecular flexibility index (Phi) is 2.91. The molecule has 0 bridgehead atoms. The highest BCUT2D eigenvalue weighted by atomic mass is 14.5. The Morgan fingerprint density at radius 2 is 1.14 bits per heavy atom. The summed E-state index contributed by atoms with van der Waals surface area (Å²) in [5.74, 6) is 4.53. The van der Waals surface area contributed by atoms with E-state index < -0.39 is 0 Å². The summed E-state index contributed by atoms with van der Waals surface area (Å²) in [6, 6.07) is 2.76. The summed E-state index contributed by atoms with van der Waals surface area (Å²) in [6.45, 7) is 0. The average Bonchev–Trinajstić information content (AvgIpc) is 2.75. The first-order valence-corrected chi connectivity index (χ1v) is 12.6. The van der Waals surface area contributed by atoms with Gasteiger partial charge < -0.3 is 0 Å². The third kappa shape index (κ3) is 1.72. The van der Waals surface area contributed by atoms with Gasteiger partial charge >= 0.3 is 0 Å². The van der Waals surface area contributed by atoms with Crippen molar-refractivity contribution in [1.29, 1.82) is 0 Å². The van der Waals surface area contributed by atoms with E-state index in [0.29, 0.717) is 0 Å². The quantitative estimate of drug-likeness (QED) is 0.446. The Hall–Kier alpha value is -1.30. The summed E-state index contributed by atoms with van der Waals surface area (Å²) in [4.78, 5) is 0. The molecule has 6 aliphatic rings. The van der Waals surface area contributed by atoms with Crippen LogP contribution in [0.3, 0.4) is 0 Å². The third-order valence-corrected chi connectivity index (χ3v) is 10.2. The predicted molar refractivity (Wildman–Crippen MR) is 116 cm³/mol. The second kappa shape index (κ2) is 5.24. The van der Waals surface area contributed by atoms with Gasteiger partial charge in [-0.2, -0.15) is 0 Å². The zero-order chi connectivity index (χ0) is 18.0. The fourth-order valence-corrected chi connectivity index (χ4v) is 9.28. The summed E-state index contributed by atoms with van der Waals surface area (Å²) >= 11 is 0. The molecule has 5 unspecified atom stereocenters. The van der Waals surface area contributed by atoms with Gasteiger partial charge in [-0.3, -0.25) is 0 Å². The lowest BCUT2D eigenvalue weighted by atomic mass is 9.56. The van der Waals surface area contributed by atoms with E-state index >= 15 is 0 Å². The Morgan fingerprint density at radius 3 is 1.93 bits per heavy atom. The number of hydrogen-bond acceptors (Lipinski definition) is 0. The molecule has 28 heavy (non-hydrogen) atoms. The molecule has 0 N–H and O–H groups in total. The standard InChI is InChI=1S/C28H32/c1-3-15-9-11-19-13-20-12-10-17-8-7-16-4-2-6-21-22-14-18(5-1)23(15)26(19)28(22)27(20)25(17)24(16)21/h14-17,19-20H,1-13H2. The zero-order valence-electron chi connectivity index (χ0n) is 17.2. The Bertz CT molecular complexity index is 1040. The molecular weight excluding hydrogens is 336 g/mol. The molecule has 0 fully saturated rings. The first-order valence-electron chi connectivity index (χ1n) is 12.6. The molecule has 0 heteroatoms. The molecular formula is C28H32. The fourth-order valence-electron chi connectivity index (χ4n) is 9.28. The summed E-state index contributed by atoms with van der Waals surface area (Å²) in [6.07, 6.45) is 19.0. The lowest BCUT2D eigenvalue weighted by Gasteiger charge is -2.49. The summed E-state index contributed by atoms with van der Waals surface area (Å²) < 4.78 is 0. The third-order valence-electron chi connectivity index (χ3n) is 10.2. The SMILES string of the molecule is c1c2c3c4c5c6c7c8c(c15)CCCC8CCC7CCC6CC4CCC3CCC2. The maximum Gasteiger partial charge on any atom is -0.0105 e. The second-order valence-electron chi connectivity index (χ2n) is 11.2. The number of rotatable bonds is 0. The van der Waals surface area contributed by atoms with Crippen molar-refractivity contribution in [3.63, 3.8) is 0 Å². The van der Waals surface area contributed by atoms with Crippen LogP contribution in [-0.4, -0.2) is 0 Å². The molecule has 0 nitrogen and oxygen atoms in total. The van der Waals surface area contributed by atoms with Crippen LogP contribution < -0.4 is 0 Å². The van der Waals surface area contributed by atoms with E-state index in [-0.39, 0.29) is 0 Å². The van der Waals surface area contributed by atoms with Gasteiger partial charge in [0, 0.05) is 0 Å². The number of hydrogen-bond donors (Lipinski definition) is 0. The molecule has 0 radical (unpaired) electrons. The van der Waals surface area contributed by atoms with Gasteiger partial charge in [0.05, 0.1) is 0 Å². The van der Waals surface area contributed by atoms with E-state index in [1.54, 1.807) is 10.9 Å². The van der Waals surface area contributed by atoms with Crippen LogP contribution in [0.1, 0.15) is 139 Å². The molecule has 2 aromatic rings. The van der Waals surface area contributed by atoms with Crippen LogP contribution in [-0.2, 0) is 12.8 Å². The van der Waals surface area contributed by atoms with E-state index in [0.717, 1.165) is 29.6 Å². The molecule has 5 atom stereocenters. The minimum absolute atomic E-state index is 0.897. The van der Waals surface area contributed by atoms with Crippen LogP contribution in [0.25, 0.3) is 10.8 Å². The highest BCUT2D eigenvalue weighted by Gasteiger charge is 2.45. The van der Waals surface area contributed by atoms with E-state index in [9.17, 15) is 0 Å². The van der Waals surface area contributed by atoms with Crippen LogP contribution >= 0.6 is 0 Å². The average molecular weight is 369 g/mol. The van der Waals surface area contributed by atoms with Crippen molar-refractivity contribution in [3.8, 4) is 0 Å². The van der Waals surface area contributed by atoms with Crippen molar-refractivity contribution in [3.05, 3.63) is 45.0 Å². The van der Waals surface area contributed by atoms with Gasteiger partial charge in [-0.15, -0.1) is 0 Å². The van der Waals surface area contributed by atoms with Gasteiger partial charge in [0.15, 0.2) is 0 Å². The van der Waals surface area contributed by atoms with Gasteiger partial charge in [0.1, 0.15) is 0 Å². The highest BCUT2D eigenvalue weighted by molar-refractivity contribution is 5.98. The monoisotopic (exact) mass is 368 g/mol. The Labute approximate surface area is 169 Å². The highest BCUT2D eigenvalue weighted by Crippen LogP contribution is 2.62. The molecule has 0 spiro atoms. The van der Waals surface area contributed by atoms with Crippen molar-refractivity contribution >= 4 is 10.8 Å². The first kappa shape index (κ1) is 15.5. The first-order chi connectivity index (χ1) is 13.9. The van der Waals surface area contributed by atoms with Gasteiger partial charge in [-0.25, -0.2) is 0 Å². The van der Waals surface area contributed by atoms with E-state index in [1.165, 1.54) is 83.5 Å². The summed E-state index contributed by atoms with van der Waals surface area (Å²) in [5, 5.41) is 3.62. The zero-order valence-corrected chi connectivity index (χ0v) is 17.2. The number of aryl methyl sites for hydroxylation is 2. The van der Waals surface area contributed by atoms with E-state index in [1.807, 2.05) is 38.8 Å². The van der Waals surface area contributed by atoms with Crippen LogP contribution in [0.2, 0.25) is 0 Å². The molecule has 2 aromatic carbocycles. The predicted octanol–water partition coefficient (Wildman–Crippen LogP) is 7.72. The molecule has 0 amide bonds. The van der Waals surface area contributed by atoms with Crippen molar-refractivity contribution in [2.45, 2.75) is 113 Å². The van der Waals surface area contributed by atoms with Crippen LogP contribution in [0.4, 0.5) is 0 Å². The maximum atomic E-state index is 2.76. The van der Waals surface area contributed by atoms with Gasteiger partial charge in [0.25, 0.3) is 0 Å². The molecule has 0 heterocycles. The Balaban J connectivity index is 1.59. The largest absolute Gasteiger partial charge is 0.0506 e. The molecule has 0 aliphatic heterocycles. The van der Waals surface area contributed by atoms with E-state index in [2.05, 4.69) is 6.07 Å². The van der Waals surface area contributed by atoms with Crippen LogP contribution in [0.5, 0.6) is 0 Å². The lowest BCUT2D eigenvalue weighted by molar-refractivity contribution is 0.345. The summed E-state index contributed by atoms with van der Waals surface area (Å²) in [7, 11) is 0. The minimum atomic E-state index is 0.897. The van der Waals surface area contributed by atoms with Crippen molar-refractivity contribution in [2.75, 3.05) is 0 Å². The Morgan fingerprint density at radius 1 is 0.536 bits per heavy atom. The molecule has 0 saturated carbocycles. The fraction of sp³-hybridized carbons (Fsp3) is 0.643. The molecule has 144 valence electrons. The number of benzene rings is 2. The topological polar surface area (TPSA) is 0 Å². The van der Waals surface area contributed by atoms with Crippen LogP contribution in [0.15, 0.2) is 6.07 Å². The van der Waals surface area contributed by atoms with Gasteiger partial charge in [-0.1, -0.05) is 6.07 Å². The molecule has 0 saturated heterocycles. The number of fused-ring (bicyclic) bond motifs is 1. The molecule has 0 aromatic heterocycles. The lowest BCUT2D eigenvalue weighted by Crippen LogP contribution is -2.31. The summed E-state index contributed by atoms with van der Waals surface area (Å²) in [5.41, 5.74) is 13.2. The van der Waals surface area contributed by atoms with Crippen molar-refractivity contribution in [2.24, 2.45) is 0 Å². The van der Waals surface area contributed by atoms with Crippen molar-refractivity contribution < 1.29 is 0 Å². The van der Waals surface area contributed by atoms with Crippen LogP contribution in [0, 0.1) is 0 Å². The smallest absolute Gasteiger partial charge is 0.0105 e. The van der Waals surface area contributed by atoms with E-state index in [4.69, 9.17) is 0 Å². The van der Waals surface area contributed by atoms with Gasteiger partial charge in [0.2, 0.25) is 0 Å². The van der Waals surface area contributed by atoms with Gasteiger partial charge in [-0.05, 0) is 163 Å². The molecule has 6 aliphatic carbocycles. The maximum absolute atomic E-state index is 2.76.